The summed E-state index contributed by atoms with van der Waals surface area (Å²) in [5.74, 6) is 0.977. The van der Waals surface area contributed by atoms with Gasteiger partial charge in [-0.2, -0.15) is 0 Å². The zero-order valence-corrected chi connectivity index (χ0v) is 17.0. The minimum Gasteiger partial charge on any atom is -0.497 e. The molecule has 5 nitrogen and oxygen atoms in total. The molecule has 2 heterocycles. The number of methoxy groups -OCH3 is 1. The van der Waals surface area contributed by atoms with E-state index < -0.39 is 0 Å². The van der Waals surface area contributed by atoms with E-state index in [1.807, 2.05) is 42.5 Å². The van der Waals surface area contributed by atoms with E-state index in [2.05, 4.69) is 32.6 Å². The third-order valence-corrected chi connectivity index (χ3v) is 6.03. The van der Waals surface area contributed by atoms with Crippen molar-refractivity contribution in [2.75, 3.05) is 39.8 Å². The monoisotopic (exact) mass is 387 g/mol. The number of piperazine rings is 1. The molecule has 6 heteroatoms. The zero-order valence-electron chi connectivity index (χ0n) is 16.2. The van der Waals surface area contributed by atoms with Gasteiger partial charge in [0.1, 0.15) is 5.75 Å². The van der Waals surface area contributed by atoms with E-state index in [1.165, 1.54) is 10.4 Å². The van der Waals surface area contributed by atoms with E-state index >= 15 is 0 Å². The topological polar surface area (TPSA) is 44.8 Å². The van der Waals surface area contributed by atoms with Crippen LogP contribution in [0.4, 0.5) is 0 Å². The summed E-state index contributed by atoms with van der Waals surface area (Å²) in [6.07, 6.45) is 0.830. The van der Waals surface area contributed by atoms with Crippen molar-refractivity contribution in [3.63, 3.8) is 0 Å². The average Bonchev–Trinajstić information content (AvgIpc) is 3.21. The Kier molecular flexibility index (Phi) is 7.26. The molecule has 0 aliphatic carbocycles. The van der Waals surface area contributed by atoms with Gasteiger partial charge in [-0.15, -0.1) is 11.3 Å². The molecule has 2 aromatic rings. The molecule has 3 rings (SSSR count). The van der Waals surface area contributed by atoms with Gasteiger partial charge in [-0.3, -0.25) is 14.6 Å². The lowest BCUT2D eigenvalue weighted by molar-refractivity contribution is -0.126. The second kappa shape index (κ2) is 9.88. The summed E-state index contributed by atoms with van der Waals surface area (Å²) in [5.41, 5.74) is 1.20. The molecule has 1 N–H and O–H groups in total. The first-order valence-corrected chi connectivity index (χ1v) is 10.4. The number of hydrogen-bond acceptors (Lipinski definition) is 5. The van der Waals surface area contributed by atoms with Crippen LogP contribution in [-0.4, -0.2) is 61.6 Å². The van der Waals surface area contributed by atoms with E-state index in [0.717, 1.165) is 44.9 Å². The molecular weight excluding hydrogens is 358 g/mol. The molecule has 0 spiro atoms. The molecule has 1 unspecified atom stereocenters. The third kappa shape index (κ3) is 5.79. The number of hydrogen-bond donors (Lipinski definition) is 1. The van der Waals surface area contributed by atoms with Crippen LogP contribution in [0.25, 0.3) is 0 Å². The maximum atomic E-state index is 12.5. The minimum atomic E-state index is -0.0789. The van der Waals surface area contributed by atoms with Gasteiger partial charge in [0.15, 0.2) is 0 Å². The molecular formula is C21H29N3O2S. The lowest BCUT2D eigenvalue weighted by atomic mass is 10.1. The van der Waals surface area contributed by atoms with Crippen LogP contribution in [0.5, 0.6) is 5.75 Å². The molecule has 0 bridgehead atoms. The summed E-state index contributed by atoms with van der Waals surface area (Å²) >= 11 is 1.81. The molecule has 1 aliphatic rings. The Labute approximate surface area is 165 Å². The number of amides is 1. The molecule has 1 atom stereocenters. The Bertz CT molecular complexity index is 695. The predicted molar refractivity (Wildman–Crippen MR) is 110 cm³/mol. The van der Waals surface area contributed by atoms with Gasteiger partial charge >= 0.3 is 0 Å². The highest BCUT2D eigenvalue weighted by Crippen LogP contribution is 2.15. The lowest BCUT2D eigenvalue weighted by Crippen LogP contribution is -2.53. The first-order chi connectivity index (χ1) is 13.2. The highest BCUT2D eigenvalue weighted by molar-refractivity contribution is 7.09. The summed E-state index contributed by atoms with van der Waals surface area (Å²) in [4.78, 5) is 18.7. The second-order valence-corrected chi connectivity index (χ2v) is 7.99. The fourth-order valence-electron chi connectivity index (χ4n) is 3.37. The maximum absolute atomic E-state index is 12.5. The molecule has 0 saturated carbocycles. The van der Waals surface area contributed by atoms with Gasteiger partial charge in [-0.1, -0.05) is 18.2 Å². The van der Waals surface area contributed by atoms with Crippen molar-refractivity contribution in [3.8, 4) is 5.75 Å². The van der Waals surface area contributed by atoms with Gasteiger partial charge < -0.3 is 10.1 Å². The minimum absolute atomic E-state index is 0.0789. The fourth-order valence-corrected chi connectivity index (χ4v) is 4.11. The van der Waals surface area contributed by atoms with Crippen molar-refractivity contribution >= 4 is 17.2 Å². The lowest BCUT2D eigenvalue weighted by Gasteiger charge is -2.37. The number of carbonyl (C=O) groups is 1. The number of benzene rings is 1. The standard InChI is InChI=1S/C21H29N3O2S/c1-17(21(25)22-10-9-18-5-7-19(26-2)8-6-18)24-13-11-23(12-14-24)16-20-4-3-15-27-20/h3-8,15,17H,9-14,16H2,1-2H3,(H,22,25). The van der Waals surface area contributed by atoms with Crippen LogP contribution in [0.3, 0.4) is 0 Å². The van der Waals surface area contributed by atoms with Crippen LogP contribution in [0.15, 0.2) is 41.8 Å². The molecule has 27 heavy (non-hydrogen) atoms. The Hall–Kier alpha value is -1.89. The number of thiophene rings is 1. The molecule has 1 saturated heterocycles. The molecule has 1 aromatic carbocycles. The van der Waals surface area contributed by atoms with Gasteiger partial charge in [0.2, 0.25) is 5.91 Å². The normalized spacial score (nSPS) is 16.8. The van der Waals surface area contributed by atoms with Crippen LogP contribution < -0.4 is 10.1 Å². The van der Waals surface area contributed by atoms with E-state index in [1.54, 1.807) is 7.11 Å². The van der Waals surface area contributed by atoms with Crippen LogP contribution >= 0.6 is 11.3 Å². The zero-order chi connectivity index (χ0) is 19.1. The Morgan fingerprint density at radius 2 is 1.93 bits per heavy atom. The molecule has 146 valence electrons. The Morgan fingerprint density at radius 1 is 1.19 bits per heavy atom. The first kappa shape index (κ1) is 19.9. The number of nitrogens with one attached hydrogen (secondary N) is 1. The highest BCUT2D eigenvalue weighted by Gasteiger charge is 2.25. The van der Waals surface area contributed by atoms with Crippen molar-refractivity contribution < 1.29 is 9.53 Å². The van der Waals surface area contributed by atoms with Gasteiger partial charge in [0.05, 0.1) is 13.2 Å². The number of rotatable bonds is 8. The van der Waals surface area contributed by atoms with Gasteiger partial charge in [0, 0.05) is 44.1 Å². The summed E-state index contributed by atoms with van der Waals surface area (Å²) in [6, 6.07) is 12.2. The van der Waals surface area contributed by atoms with E-state index in [9.17, 15) is 4.79 Å². The highest BCUT2D eigenvalue weighted by atomic mass is 32.1. The first-order valence-electron chi connectivity index (χ1n) is 9.55. The van der Waals surface area contributed by atoms with E-state index in [-0.39, 0.29) is 11.9 Å². The van der Waals surface area contributed by atoms with Crippen molar-refractivity contribution in [1.82, 2.24) is 15.1 Å². The SMILES string of the molecule is COc1ccc(CCNC(=O)C(C)N2CCN(Cc3cccs3)CC2)cc1. The van der Waals surface area contributed by atoms with Gasteiger partial charge in [-0.25, -0.2) is 0 Å². The van der Waals surface area contributed by atoms with Crippen LogP contribution in [0, 0.1) is 0 Å². The molecule has 1 aliphatic heterocycles. The quantitative estimate of drug-likeness (QED) is 0.756. The molecule has 1 aromatic heterocycles. The molecule has 1 fully saturated rings. The third-order valence-electron chi connectivity index (χ3n) is 5.17. The largest absolute Gasteiger partial charge is 0.497 e. The summed E-state index contributed by atoms with van der Waals surface area (Å²) in [6.45, 7) is 7.61. The van der Waals surface area contributed by atoms with Crippen LogP contribution in [0.1, 0.15) is 17.4 Å². The van der Waals surface area contributed by atoms with Crippen LogP contribution in [-0.2, 0) is 17.8 Å². The predicted octanol–water partition coefficient (Wildman–Crippen LogP) is 2.62. The summed E-state index contributed by atoms with van der Waals surface area (Å²) in [7, 11) is 1.67. The molecule has 0 radical (unpaired) electrons. The second-order valence-electron chi connectivity index (χ2n) is 6.96. The summed E-state index contributed by atoms with van der Waals surface area (Å²) in [5, 5.41) is 5.21. The fraction of sp³-hybridized carbons (Fsp3) is 0.476. The average molecular weight is 388 g/mol. The van der Waals surface area contributed by atoms with Gasteiger partial charge in [0.25, 0.3) is 0 Å². The van der Waals surface area contributed by atoms with Crippen molar-refractivity contribution in [3.05, 3.63) is 52.2 Å². The maximum Gasteiger partial charge on any atom is 0.237 e. The number of nitrogens with zero attached hydrogens (tertiary/aromatic N) is 2. The molecule has 1 amide bonds. The van der Waals surface area contributed by atoms with Crippen molar-refractivity contribution in [1.29, 1.82) is 0 Å². The van der Waals surface area contributed by atoms with Crippen molar-refractivity contribution in [2.45, 2.75) is 25.9 Å². The van der Waals surface area contributed by atoms with Gasteiger partial charge in [-0.05, 0) is 42.5 Å². The van der Waals surface area contributed by atoms with E-state index in [4.69, 9.17) is 4.74 Å². The Morgan fingerprint density at radius 3 is 2.56 bits per heavy atom. The number of carbonyl (C=O) groups excluding carboxylic acids is 1. The van der Waals surface area contributed by atoms with Crippen LogP contribution in [0.2, 0.25) is 0 Å². The summed E-state index contributed by atoms with van der Waals surface area (Å²) < 4.78 is 5.17. The van der Waals surface area contributed by atoms with E-state index in [0.29, 0.717) is 6.54 Å². The Balaban J connectivity index is 1.37. The number of ether oxygens (including phenoxy) is 1. The van der Waals surface area contributed by atoms with Crippen molar-refractivity contribution in [2.24, 2.45) is 0 Å². The smallest absolute Gasteiger partial charge is 0.237 e.